The molecule has 0 N–H and O–H groups in total. The summed E-state index contributed by atoms with van der Waals surface area (Å²) in [6.07, 6.45) is 3.65. The molecule has 3 nitrogen and oxygen atoms in total. The summed E-state index contributed by atoms with van der Waals surface area (Å²) in [7, 11) is 1.92. The van der Waals surface area contributed by atoms with Crippen LogP contribution in [-0.2, 0) is 7.05 Å². The number of aromatic nitrogens is 3. The molecule has 0 aromatic carbocycles. The smallest absolute Gasteiger partial charge is 0.145 e. The molecule has 0 aliphatic carbocycles. The van der Waals surface area contributed by atoms with Gasteiger partial charge in [0.25, 0.3) is 0 Å². The Morgan fingerprint density at radius 3 is 2.92 bits per heavy atom. The first-order valence-corrected chi connectivity index (χ1v) is 4.61. The lowest BCUT2D eigenvalue weighted by atomic mass is 10.5. The van der Waals surface area contributed by atoms with Crippen LogP contribution in [0.4, 0.5) is 0 Å². The van der Waals surface area contributed by atoms with Crippen LogP contribution in [-0.4, -0.2) is 14.5 Å². The van der Waals surface area contributed by atoms with E-state index in [1.54, 1.807) is 11.7 Å². The minimum atomic E-state index is 0.528. The van der Waals surface area contributed by atoms with Gasteiger partial charge in [-0.3, -0.25) is 0 Å². The molecule has 2 rings (SSSR count). The van der Waals surface area contributed by atoms with E-state index in [4.69, 9.17) is 11.6 Å². The molecule has 0 saturated heterocycles. The molecule has 2 aromatic rings. The van der Waals surface area contributed by atoms with Crippen molar-refractivity contribution >= 4 is 22.9 Å². The van der Waals surface area contributed by atoms with Crippen LogP contribution >= 0.6 is 22.9 Å². The summed E-state index contributed by atoms with van der Waals surface area (Å²) in [5.74, 6) is 0. The summed E-state index contributed by atoms with van der Waals surface area (Å²) in [5, 5.41) is 3.19. The highest BCUT2D eigenvalue weighted by Crippen LogP contribution is 2.23. The fourth-order valence-corrected chi connectivity index (χ4v) is 1.80. The molecule has 0 radical (unpaired) electrons. The van der Waals surface area contributed by atoms with Gasteiger partial charge in [-0.2, -0.15) is 0 Å². The van der Waals surface area contributed by atoms with Crippen molar-refractivity contribution in [3.63, 3.8) is 0 Å². The molecule has 62 valence electrons. The van der Waals surface area contributed by atoms with Gasteiger partial charge in [-0.25, -0.2) is 9.97 Å². The Labute approximate surface area is 78.7 Å². The summed E-state index contributed by atoms with van der Waals surface area (Å²) in [6.45, 7) is 0. The van der Waals surface area contributed by atoms with Crippen molar-refractivity contribution in [2.45, 2.75) is 0 Å². The summed E-state index contributed by atoms with van der Waals surface area (Å²) >= 11 is 7.18. The Bertz CT molecular complexity index is 355. The highest BCUT2D eigenvalue weighted by molar-refractivity contribution is 7.13. The van der Waals surface area contributed by atoms with E-state index in [2.05, 4.69) is 9.97 Å². The summed E-state index contributed by atoms with van der Waals surface area (Å²) in [5.41, 5.74) is 0.870. The van der Waals surface area contributed by atoms with E-state index in [0.717, 1.165) is 10.7 Å². The van der Waals surface area contributed by atoms with Crippen molar-refractivity contribution in [2.24, 2.45) is 7.05 Å². The van der Waals surface area contributed by atoms with E-state index in [1.807, 2.05) is 17.8 Å². The molecular weight excluding hydrogens is 194 g/mol. The number of nitrogens with zero attached hydrogens (tertiary/aromatic N) is 3. The van der Waals surface area contributed by atoms with Gasteiger partial charge in [0.1, 0.15) is 15.9 Å². The maximum absolute atomic E-state index is 5.68. The first-order chi connectivity index (χ1) is 5.75. The Morgan fingerprint density at radius 2 is 2.42 bits per heavy atom. The zero-order valence-corrected chi connectivity index (χ0v) is 7.93. The van der Waals surface area contributed by atoms with Crippen LogP contribution < -0.4 is 0 Å². The molecule has 0 aliphatic rings. The van der Waals surface area contributed by atoms with Crippen molar-refractivity contribution in [1.29, 1.82) is 0 Å². The van der Waals surface area contributed by atoms with E-state index in [1.165, 1.54) is 11.3 Å². The number of thiazole rings is 1. The van der Waals surface area contributed by atoms with Crippen molar-refractivity contribution in [3.05, 3.63) is 23.1 Å². The predicted molar refractivity (Wildman–Crippen MR) is 49.3 cm³/mol. The molecule has 0 amide bonds. The molecule has 0 aliphatic heterocycles. The van der Waals surface area contributed by atoms with Gasteiger partial charge in [0.15, 0.2) is 0 Å². The molecular formula is C7H6ClN3S. The first kappa shape index (κ1) is 7.76. The number of halogens is 1. The molecule has 5 heteroatoms. The first-order valence-electron chi connectivity index (χ1n) is 3.35. The van der Waals surface area contributed by atoms with E-state index in [0.29, 0.717) is 5.15 Å². The Morgan fingerprint density at radius 1 is 1.58 bits per heavy atom. The average molecular weight is 200 g/mol. The number of hydrogen-bond acceptors (Lipinski definition) is 3. The molecule has 2 aromatic heterocycles. The second-order valence-corrected chi connectivity index (χ2v) is 3.65. The maximum atomic E-state index is 5.68. The van der Waals surface area contributed by atoms with Crippen molar-refractivity contribution < 1.29 is 0 Å². The van der Waals surface area contributed by atoms with Crippen LogP contribution in [0.2, 0.25) is 5.15 Å². The van der Waals surface area contributed by atoms with Gasteiger partial charge in [-0.1, -0.05) is 11.6 Å². The zero-order valence-electron chi connectivity index (χ0n) is 6.36. The topological polar surface area (TPSA) is 30.7 Å². The predicted octanol–water partition coefficient (Wildman–Crippen LogP) is 2.20. The van der Waals surface area contributed by atoms with Crippen molar-refractivity contribution in [2.75, 3.05) is 0 Å². The van der Waals surface area contributed by atoms with E-state index >= 15 is 0 Å². The fourth-order valence-electron chi connectivity index (χ4n) is 0.895. The van der Waals surface area contributed by atoms with E-state index in [9.17, 15) is 0 Å². The molecule has 0 fully saturated rings. The SMILES string of the molecule is Cn1cnc(-c2nc(Cl)cs2)c1. The monoisotopic (exact) mass is 199 g/mol. The summed E-state index contributed by atoms with van der Waals surface area (Å²) < 4.78 is 1.88. The number of hydrogen-bond donors (Lipinski definition) is 0. The standard InChI is InChI=1S/C7H6ClN3S/c1-11-2-5(9-4-11)7-10-6(8)3-12-7/h2-4H,1H3. The average Bonchev–Trinajstić information content (AvgIpc) is 2.58. The van der Waals surface area contributed by atoms with E-state index < -0.39 is 0 Å². The van der Waals surface area contributed by atoms with Gasteiger partial charge < -0.3 is 4.57 Å². The third-order valence-corrected chi connectivity index (χ3v) is 2.59. The van der Waals surface area contributed by atoms with Gasteiger partial charge in [0.2, 0.25) is 0 Å². The Hall–Kier alpha value is -0.870. The van der Waals surface area contributed by atoms with Gasteiger partial charge in [-0.15, -0.1) is 11.3 Å². The molecule has 0 bridgehead atoms. The van der Waals surface area contributed by atoms with Gasteiger partial charge in [0.05, 0.1) is 6.33 Å². The normalized spacial score (nSPS) is 10.5. The van der Waals surface area contributed by atoms with Crippen LogP contribution in [0.3, 0.4) is 0 Å². The Kier molecular flexibility index (Phi) is 1.86. The van der Waals surface area contributed by atoms with Crippen molar-refractivity contribution in [1.82, 2.24) is 14.5 Å². The molecule has 12 heavy (non-hydrogen) atoms. The Balaban J connectivity index is 2.43. The van der Waals surface area contributed by atoms with Crippen molar-refractivity contribution in [3.8, 4) is 10.7 Å². The number of rotatable bonds is 1. The molecule has 0 spiro atoms. The van der Waals surface area contributed by atoms with Gasteiger partial charge in [0, 0.05) is 18.6 Å². The number of aryl methyl sites for hydroxylation is 1. The molecule has 0 atom stereocenters. The van der Waals surface area contributed by atoms with Crippen LogP contribution in [0.5, 0.6) is 0 Å². The lowest BCUT2D eigenvalue weighted by Crippen LogP contribution is -1.77. The third kappa shape index (κ3) is 1.35. The quantitative estimate of drug-likeness (QED) is 0.705. The molecule has 0 unspecified atom stereocenters. The highest BCUT2D eigenvalue weighted by atomic mass is 35.5. The molecule has 0 saturated carbocycles. The van der Waals surface area contributed by atoms with Crippen LogP contribution in [0.1, 0.15) is 0 Å². The maximum Gasteiger partial charge on any atom is 0.145 e. The zero-order chi connectivity index (χ0) is 8.55. The highest BCUT2D eigenvalue weighted by Gasteiger charge is 2.04. The van der Waals surface area contributed by atoms with Crippen LogP contribution in [0.15, 0.2) is 17.9 Å². The second kappa shape index (κ2) is 2.88. The van der Waals surface area contributed by atoms with Crippen LogP contribution in [0.25, 0.3) is 10.7 Å². The van der Waals surface area contributed by atoms with Crippen LogP contribution in [0, 0.1) is 0 Å². The van der Waals surface area contributed by atoms with E-state index in [-0.39, 0.29) is 0 Å². The lowest BCUT2D eigenvalue weighted by Gasteiger charge is -1.84. The van der Waals surface area contributed by atoms with Gasteiger partial charge >= 0.3 is 0 Å². The fraction of sp³-hybridized carbons (Fsp3) is 0.143. The number of imidazole rings is 1. The minimum Gasteiger partial charge on any atom is -0.340 e. The van der Waals surface area contributed by atoms with Gasteiger partial charge in [-0.05, 0) is 0 Å². The molecule has 2 heterocycles. The lowest BCUT2D eigenvalue weighted by molar-refractivity contribution is 0.913. The minimum absolute atomic E-state index is 0.528. The summed E-state index contributed by atoms with van der Waals surface area (Å²) in [6, 6.07) is 0. The third-order valence-electron chi connectivity index (χ3n) is 1.40. The summed E-state index contributed by atoms with van der Waals surface area (Å²) in [4.78, 5) is 8.25. The largest absolute Gasteiger partial charge is 0.340 e. The second-order valence-electron chi connectivity index (χ2n) is 2.40.